The number of nitrogens with zero attached hydrogens (tertiary/aromatic N) is 1. The number of hydrogen-bond donors (Lipinski definition) is 1. The summed E-state index contributed by atoms with van der Waals surface area (Å²) in [6.07, 6.45) is 1.64. The summed E-state index contributed by atoms with van der Waals surface area (Å²) in [7, 11) is 0. The summed E-state index contributed by atoms with van der Waals surface area (Å²) in [6.45, 7) is 4.18. The lowest BCUT2D eigenvalue weighted by Crippen LogP contribution is -2.29. The van der Waals surface area contributed by atoms with E-state index in [0.29, 0.717) is 30.3 Å². The Hall–Kier alpha value is -2.14. The Morgan fingerprint density at radius 2 is 2.32 bits per heavy atom. The van der Waals surface area contributed by atoms with Crippen LogP contribution in [0.25, 0.3) is 0 Å². The minimum absolute atomic E-state index is 0.189. The summed E-state index contributed by atoms with van der Waals surface area (Å²) in [5.74, 6) is 0.911. The van der Waals surface area contributed by atoms with Crippen LogP contribution in [0.3, 0.4) is 0 Å². The van der Waals surface area contributed by atoms with Gasteiger partial charge in [-0.2, -0.15) is 0 Å². The molecule has 1 unspecified atom stereocenters. The second-order valence-corrected chi connectivity index (χ2v) is 5.78. The fourth-order valence-electron chi connectivity index (χ4n) is 2.60. The van der Waals surface area contributed by atoms with Crippen molar-refractivity contribution in [3.63, 3.8) is 0 Å². The van der Waals surface area contributed by atoms with E-state index < -0.39 is 0 Å². The van der Waals surface area contributed by atoms with Gasteiger partial charge in [0.15, 0.2) is 5.69 Å². The number of carbonyl (C=O) groups excluding carboxylic acids is 1. The average Bonchev–Trinajstić information content (AvgIpc) is 3.16. The molecule has 1 aliphatic rings. The van der Waals surface area contributed by atoms with Crippen LogP contribution in [0.5, 0.6) is 0 Å². The molecule has 0 radical (unpaired) electrons. The highest BCUT2D eigenvalue weighted by molar-refractivity contribution is 5.92. The van der Waals surface area contributed by atoms with E-state index in [-0.39, 0.29) is 5.91 Å². The molecule has 1 aromatic heterocycles. The highest BCUT2D eigenvalue weighted by atomic mass is 16.5. The van der Waals surface area contributed by atoms with Crippen molar-refractivity contribution < 1.29 is 14.1 Å². The molecule has 1 fully saturated rings. The van der Waals surface area contributed by atoms with Crippen LogP contribution in [0.4, 0.5) is 0 Å². The molecule has 0 aliphatic carbocycles. The highest BCUT2D eigenvalue weighted by Crippen LogP contribution is 2.13. The number of ether oxygens (including phenoxy) is 1. The molecule has 0 bridgehead atoms. The first kappa shape index (κ1) is 14.8. The Kier molecular flexibility index (Phi) is 4.53. The van der Waals surface area contributed by atoms with Crippen molar-refractivity contribution in [2.45, 2.75) is 19.8 Å². The number of aromatic nitrogens is 1. The van der Waals surface area contributed by atoms with Crippen LogP contribution in [0.15, 0.2) is 34.9 Å². The molecule has 5 nitrogen and oxygen atoms in total. The van der Waals surface area contributed by atoms with Crippen molar-refractivity contribution in [1.29, 1.82) is 0 Å². The first-order valence-electron chi connectivity index (χ1n) is 7.58. The van der Waals surface area contributed by atoms with E-state index in [0.717, 1.165) is 25.2 Å². The van der Waals surface area contributed by atoms with E-state index in [1.54, 1.807) is 6.07 Å². The van der Waals surface area contributed by atoms with Crippen LogP contribution >= 0.6 is 0 Å². The fraction of sp³-hybridized carbons (Fsp3) is 0.412. The van der Waals surface area contributed by atoms with Crippen molar-refractivity contribution in [3.05, 3.63) is 52.9 Å². The zero-order valence-electron chi connectivity index (χ0n) is 12.7. The average molecular weight is 300 g/mol. The van der Waals surface area contributed by atoms with Gasteiger partial charge in [0, 0.05) is 31.6 Å². The summed E-state index contributed by atoms with van der Waals surface area (Å²) in [6, 6.07) is 9.91. The van der Waals surface area contributed by atoms with Crippen LogP contribution in [0.1, 0.15) is 33.8 Å². The van der Waals surface area contributed by atoms with Gasteiger partial charge in [0.1, 0.15) is 5.76 Å². The summed E-state index contributed by atoms with van der Waals surface area (Å²) >= 11 is 0. The fourth-order valence-corrected chi connectivity index (χ4v) is 2.60. The number of amides is 1. The molecule has 0 saturated carbocycles. The van der Waals surface area contributed by atoms with Crippen LogP contribution < -0.4 is 5.32 Å². The van der Waals surface area contributed by atoms with Crippen molar-refractivity contribution in [1.82, 2.24) is 10.5 Å². The Labute approximate surface area is 129 Å². The SMILES string of the molecule is Cc1cccc(Cc2cc(C(=O)NCC3CCOC3)no2)c1. The Balaban J connectivity index is 1.57. The minimum Gasteiger partial charge on any atom is -0.381 e. The number of hydrogen-bond acceptors (Lipinski definition) is 4. The van der Waals surface area contributed by atoms with Crippen molar-refractivity contribution in [2.24, 2.45) is 5.92 Å². The quantitative estimate of drug-likeness (QED) is 0.920. The summed E-state index contributed by atoms with van der Waals surface area (Å²) in [5, 5.41) is 6.75. The van der Waals surface area contributed by atoms with Crippen LogP contribution in [-0.4, -0.2) is 30.8 Å². The van der Waals surface area contributed by atoms with E-state index in [1.165, 1.54) is 5.56 Å². The first-order valence-corrected chi connectivity index (χ1v) is 7.58. The molecule has 2 heterocycles. The Morgan fingerprint density at radius 1 is 1.41 bits per heavy atom. The van der Waals surface area contributed by atoms with Gasteiger partial charge in [-0.1, -0.05) is 35.0 Å². The van der Waals surface area contributed by atoms with Crippen molar-refractivity contribution in [2.75, 3.05) is 19.8 Å². The van der Waals surface area contributed by atoms with Gasteiger partial charge >= 0.3 is 0 Å². The van der Waals surface area contributed by atoms with Gasteiger partial charge < -0.3 is 14.6 Å². The maximum atomic E-state index is 12.0. The monoisotopic (exact) mass is 300 g/mol. The number of aryl methyl sites for hydroxylation is 1. The smallest absolute Gasteiger partial charge is 0.273 e. The van der Waals surface area contributed by atoms with Gasteiger partial charge in [0.2, 0.25) is 0 Å². The highest BCUT2D eigenvalue weighted by Gasteiger charge is 2.18. The zero-order valence-corrected chi connectivity index (χ0v) is 12.7. The summed E-state index contributed by atoms with van der Waals surface area (Å²) in [5.41, 5.74) is 2.68. The summed E-state index contributed by atoms with van der Waals surface area (Å²) in [4.78, 5) is 12.0. The lowest BCUT2D eigenvalue weighted by atomic mass is 10.1. The third-order valence-corrected chi connectivity index (χ3v) is 3.83. The molecule has 1 amide bonds. The minimum atomic E-state index is -0.189. The number of nitrogens with one attached hydrogen (secondary N) is 1. The standard InChI is InChI=1S/C17H20N2O3/c1-12-3-2-4-13(7-12)8-15-9-16(19-22-15)17(20)18-10-14-5-6-21-11-14/h2-4,7,9,14H,5-6,8,10-11H2,1H3,(H,18,20). The van der Waals surface area contributed by atoms with Gasteiger partial charge in [-0.15, -0.1) is 0 Å². The zero-order chi connectivity index (χ0) is 15.4. The van der Waals surface area contributed by atoms with Gasteiger partial charge in [0.05, 0.1) is 6.61 Å². The van der Waals surface area contributed by atoms with Crippen LogP contribution in [0, 0.1) is 12.8 Å². The molecule has 5 heteroatoms. The van der Waals surface area contributed by atoms with Gasteiger partial charge in [0.25, 0.3) is 5.91 Å². The van der Waals surface area contributed by atoms with E-state index in [9.17, 15) is 4.79 Å². The second-order valence-electron chi connectivity index (χ2n) is 5.78. The molecule has 1 saturated heterocycles. The number of carbonyl (C=O) groups is 1. The van der Waals surface area contributed by atoms with Crippen LogP contribution in [0.2, 0.25) is 0 Å². The van der Waals surface area contributed by atoms with Gasteiger partial charge in [-0.3, -0.25) is 4.79 Å². The molecule has 1 N–H and O–H groups in total. The van der Waals surface area contributed by atoms with Crippen molar-refractivity contribution in [3.8, 4) is 0 Å². The van der Waals surface area contributed by atoms with E-state index in [4.69, 9.17) is 9.26 Å². The molecule has 116 valence electrons. The topological polar surface area (TPSA) is 64.4 Å². The number of benzene rings is 1. The molecule has 22 heavy (non-hydrogen) atoms. The predicted molar refractivity (Wildman–Crippen MR) is 81.7 cm³/mol. The molecule has 1 aromatic carbocycles. The second kappa shape index (κ2) is 6.75. The van der Waals surface area contributed by atoms with E-state index >= 15 is 0 Å². The Morgan fingerprint density at radius 3 is 3.09 bits per heavy atom. The third-order valence-electron chi connectivity index (χ3n) is 3.83. The lowest BCUT2D eigenvalue weighted by molar-refractivity contribution is 0.0936. The van der Waals surface area contributed by atoms with E-state index in [2.05, 4.69) is 29.5 Å². The molecular weight excluding hydrogens is 280 g/mol. The largest absolute Gasteiger partial charge is 0.381 e. The Bertz CT molecular complexity index is 645. The maximum Gasteiger partial charge on any atom is 0.273 e. The summed E-state index contributed by atoms with van der Waals surface area (Å²) < 4.78 is 10.6. The normalized spacial score (nSPS) is 17.6. The first-order chi connectivity index (χ1) is 10.7. The molecular formula is C17H20N2O3. The van der Waals surface area contributed by atoms with Gasteiger partial charge in [-0.05, 0) is 18.9 Å². The molecule has 3 rings (SSSR count). The molecule has 0 spiro atoms. The molecule has 2 aromatic rings. The maximum absolute atomic E-state index is 12.0. The third kappa shape index (κ3) is 3.74. The van der Waals surface area contributed by atoms with Crippen molar-refractivity contribution >= 4 is 5.91 Å². The predicted octanol–water partition coefficient (Wildman–Crippen LogP) is 2.34. The van der Waals surface area contributed by atoms with E-state index in [1.807, 2.05) is 12.1 Å². The van der Waals surface area contributed by atoms with Gasteiger partial charge in [-0.25, -0.2) is 0 Å². The molecule has 1 atom stereocenters. The van der Waals surface area contributed by atoms with Crippen LogP contribution in [-0.2, 0) is 11.2 Å². The lowest BCUT2D eigenvalue weighted by Gasteiger charge is -2.07. The molecule has 1 aliphatic heterocycles. The number of rotatable bonds is 5.